The maximum absolute atomic E-state index is 12.6. The van der Waals surface area contributed by atoms with E-state index in [-0.39, 0.29) is 23.3 Å². The van der Waals surface area contributed by atoms with Gasteiger partial charge in [-0.05, 0) is 31.5 Å². The lowest BCUT2D eigenvalue weighted by Crippen LogP contribution is -2.34. The van der Waals surface area contributed by atoms with Crippen molar-refractivity contribution in [2.24, 2.45) is 0 Å². The maximum Gasteiger partial charge on any atom is 0.416 e. The number of hydrogen-bond donors (Lipinski definition) is 2. The Labute approximate surface area is 120 Å². The fourth-order valence-electron chi connectivity index (χ4n) is 1.40. The number of alkyl halides is 3. The molecule has 0 saturated heterocycles. The third-order valence-corrected chi connectivity index (χ3v) is 3.12. The first-order valence-corrected chi connectivity index (χ1v) is 6.51. The van der Waals surface area contributed by atoms with Crippen LogP contribution in [-0.2, 0) is 11.0 Å². The van der Waals surface area contributed by atoms with E-state index < -0.39 is 17.6 Å². The summed E-state index contributed by atoms with van der Waals surface area (Å²) in [6.45, 7) is 3.88. The fourth-order valence-corrected chi connectivity index (χ4v) is 1.57. The highest BCUT2D eigenvalue weighted by Gasteiger charge is 2.31. The van der Waals surface area contributed by atoms with Gasteiger partial charge in [-0.2, -0.15) is 13.2 Å². The molecule has 1 aromatic rings. The number of nitrogens with one attached hydrogen (secondary N) is 2. The first-order valence-electron chi connectivity index (χ1n) is 6.14. The van der Waals surface area contributed by atoms with Gasteiger partial charge in [-0.15, -0.1) is 0 Å². The zero-order chi connectivity index (χ0) is 15.3. The third-order valence-electron chi connectivity index (χ3n) is 2.79. The van der Waals surface area contributed by atoms with Crippen LogP contribution in [0.15, 0.2) is 18.2 Å². The predicted octanol–water partition coefficient (Wildman–Crippen LogP) is 3.69. The molecule has 0 aliphatic carbocycles. The van der Waals surface area contributed by atoms with Crippen LogP contribution < -0.4 is 10.6 Å². The molecule has 1 aromatic carbocycles. The molecule has 1 amide bonds. The van der Waals surface area contributed by atoms with E-state index in [1.807, 2.05) is 13.8 Å². The van der Waals surface area contributed by atoms with Crippen molar-refractivity contribution < 1.29 is 18.0 Å². The van der Waals surface area contributed by atoms with Gasteiger partial charge in [0, 0.05) is 6.04 Å². The number of benzene rings is 1. The van der Waals surface area contributed by atoms with E-state index in [1.54, 1.807) is 0 Å². The van der Waals surface area contributed by atoms with Crippen molar-refractivity contribution in [3.63, 3.8) is 0 Å². The third kappa shape index (κ3) is 5.02. The topological polar surface area (TPSA) is 41.1 Å². The van der Waals surface area contributed by atoms with Gasteiger partial charge in [-0.3, -0.25) is 4.79 Å². The summed E-state index contributed by atoms with van der Waals surface area (Å²) in [5.41, 5.74) is -0.899. The van der Waals surface area contributed by atoms with Gasteiger partial charge in [0.15, 0.2) is 0 Å². The molecule has 112 valence electrons. The number of hydrogen-bond acceptors (Lipinski definition) is 2. The summed E-state index contributed by atoms with van der Waals surface area (Å²) < 4.78 is 37.7. The second-order valence-electron chi connectivity index (χ2n) is 4.43. The average Bonchev–Trinajstić information content (AvgIpc) is 2.37. The van der Waals surface area contributed by atoms with Crippen LogP contribution in [0, 0.1) is 0 Å². The molecule has 1 atom stereocenters. The molecule has 0 fully saturated rings. The molecule has 0 radical (unpaired) electrons. The number of carbonyl (C=O) groups excluding carboxylic acids is 1. The Hall–Kier alpha value is -1.27. The first-order chi connectivity index (χ1) is 9.24. The average molecular weight is 309 g/mol. The Balaban J connectivity index is 2.74. The van der Waals surface area contributed by atoms with Gasteiger partial charge >= 0.3 is 6.18 Å². The molecule has 7 heteroatoms. The standard InChI is InChI=1S/C13H16ClF3N2O/c1-3-8(2)18-7-12(20)19-11-6-9(13(15,16)17)4-5-10(11)14/h4-6,8,18H,3,7H2,1-2H3,(H,19,20). The molecule has 2 N–H and O–H groups in total. The van der Waals surface area contributed by atoms with Crippen LogP contribution in [0.3, 0.4) is 0 Å². The van der Waals surface area contributed by atoms with E-state index >= 15 is 0 Å². The molecule has 1 unspecified atom stereocenters. The highest BCUT2D eigenvalue weighted by atomic mass is 35.5. The van der Waals surface area contributed by atoms with Crippen molar-refractivity contribution in [3.05, 3.63) is 28.8 Å². The number of amides is 1. The number of rotatable bonds is 5. The molecular weight excluding hydrogens is 293 g/mol. The Morgan fingerprint density at radius 2 is 2.05 bits per heavy atom. The molecule has 0 aliphatic heterocycles. The fraction of sp³-hybridized carbons (Fsp3) is 0.462. The van der Waals surface area contributed by atoms with E-state index in [2.05, 4.69) is 10.6 Å². The molecule has 0 bridgehead atoms. The van der Waals surface area contributed by atoms with Crippen LogP contribution >= 0.6 is 11.6 Å². The zero-order valence-electron chi connectivity index (χ0n) is 11.1. The first kappa shape index (κ1) is 16.8. The van der Waals surface area contributed by atoms with E-state index in [9.17, 15) is 18.0 Å². The summed E-state index contributed by atoms with van der Waals surface area (Å²) in [6, 6.07) is 2.96. The quantitative estimate of drug-likeness (QED) is 0.871. The lowest BCUT2D eigenvalue weighted by molar-refractivity contribution is -0.137. The van der Waals surface area contributed by atoms with Gasteiger partial charge in [-0.1, -0.05) is 18.5 Å². The summed E-state index contributed by atoms with van der Waals surface area (Å²) in [6.07, 6.45) is -3.63. The SMILES string of the molecule is CCC(C)NCC(=O)Nc1cc(C(F)(F)F)ccc1Cl. The minimum absolute atomic E-state index is 0.0155. The van der Waals surface area contributed by atoms with Gasteiger partial charge in [-0.25, -0.2) is 0 Å². The summed E-state index contributed by atoms with van der Waals surface area (Å²) in [4.78, 5) is 11.6. The summed E-state index contributed by atoms with van der Waals surface area (Å²) in [7, 11) is 0. The Bertz CT molecular complexity index is 477. The van der Waals surface area contributed by atoms with E-state index in [0.29, 0.717) is 0 Å². The predicted molar refractivity (Wildman–Crippen MR) is 72.8 cm³/mol. The monoisotopic (exact) mass is 308 g/mol. The van der Waals surface area contributed by atoms with Crippen LogP contribution in [0.4, 0.5) is 18.9 Å². The van der Waals surface area contributed by atoms with Gasteiger partial charge in [0.2, 0.25) is 5.91 Å². The van der Waals surface area contributed by atoms with Crippen LogP contribution in [0.1, 0.15) is 25.8 Å². The lowest BCUT2D eigenvalue weighted by atomic mass is 10.2. The lowest BCUT2D eigenvalue weighted by Gasteiger charge is -2.13. The Morgan fingerprint density at radius 3 is 2.60 bits per heavy atom. The van der Waals surface area contributed by atoms with Crippen molar-refractivity contribution >= 4 is 23.2 Å². The molecular formula is C13H16ClF3N2O. The van der Waals surface area contributed by atoms with E-state index in [1.165, 1.54) is 0 Å². The molecule has 0 aliphatic rings. The van der Waals surface area contributed by atoms with Crippen LogP contribution in [0.2, 0.25) is 5.02 Å². The second-order valence-corrected chi connectivity index (χ2v) is 4.84. The molecule has 20 heavy (non-hydrogen) atoms. The number of carbonyl (C=O) groups is 1. The second kappa shape index (κ2) is 6.95. The maximum atomic E-state index is 12.6. The highest BCUT2D eigenvalue weighted by molar-refractivity contribution is 6.33. The zero-order valence-corrected chi connectivity index (χ0v) is 11.9. The molecule has 0 spiro atoms. The smallest absolute Gasteiger partial charge is 0.324 e. The number of anilines is 1. The summed E-state index contributed by atoms with van der Waals surface area (Å²) >= 11 is 5.78. The van der Waals surface area contributed by atoms with Crippen molar-refractivity contribution in [3.8, 4) is 0 Å². The van der Waals surface area contributed by atoms with Gasteiger partial charge in [0.1, 0.15) is 0 Å². The minimum Gasteiger partial charge on any atom is -0.324 e. The molecule has 0 heterocycles. The van der Waals surface area contributed by atoms with Crippen molar-refractivity contribution in [1.82, 2.24) is 5.32 Å². The molecule has 0 saturated carbocycles. The highest BCUT2D eigenvalue weighted by Crippen LogP contribution is 2.33. The number of halogens is 4. The summed E-state index contributed by atoms with van der Waals surface area (Å²) in [5.74, 6) is -0.438. The van der Waals surface area contributed by atoms with Crippen molar-refractivity contribution in [1.29, 1.82) is 0 Å². The van der Waals surface area contributed by atoms with Crippen LogP contribution in [-0.4, -0.2) is 18.5 Å². The molecule has 1 rings (SSSR count). The largest absolute Gasteiger partial charge is 0.416 e. The minimum atomic E-state index is -4.47. The normalized spacial score (nSPS) is 13.1. The van der Waals surface area contributed by atoms with E-state index in [0.717, 1.165) is 24.6 Å². The van der Waals surface area contributed by atoms with E-state index in [4.69, 9.17) is 11.6 Å². The van der Waals surface area contributed by atoms with Gasteiger partial charge < -0.3 is 10.6 Å². The molecule has 0 aromatic heterocycles. The van der Waals surface area contributed by atoms with Crippen LogP contribution in [0.5, 0.6) is 0 Å². The Kier molecular flexibility index (Phi) is 5.83. The van der Waals surface area contributed by atoms with Crippen molar-refractivity contribution in [2.45, 2.75) is 32.5 Å². The summed E-state index contributed by atoms with van der Waals surface area (Å²) in [5, 5.41) is 5.37. The van der Waals surface area contributed by atoms with Gasteiger partial charge in [0.25, 0.3) is 0 Å². The van der Waals surface area contributed by atoms with Crippen molar-refractivity contribution in [2.75, 3.05) is 11.9 Å². The van der Waals surface area contributed by atoms with Gasteiger partial charge in [0.05, 0.1) is 22.8 Å². The Morgan fingerprint density at radius 1 is 1.40 bits per heavy atom. The van der Waals surface area contributed by atoms with Crippen LogP contribution in [0.25, 0.3) is 0 Å². The molecule has 3 nitrogen and oxygen atoms in total.